The number of aryl methyl sites for hydroxylation is 1. The Morgan fingerprint density at radius 2 is 2.07 bits per heavy atom. The van der Waals surface area contributed by atoms with Gasteiger partial charge in [0.05, 0.1) is 12.5 Å². The molecule has 1 amide bonds. The summed E-state index contributed by atoms with van der Waals surface area (Å²) in [6.07, 6.45) is 4.24. The smallest absolute Gasteiger partial charge is 0.229 e. The van der Waals surface area contributed by atoms with Crippen LogP contribution in [-0.4, -0.2) is 52.9 Å². The van der Waals surface area contributed by atoms with Crippen molar-refractivity contribution in [2.45, 2.75) is 6.42 Å². The van der Waals surface area contributed by atoms with Gasteiger partial charge in [-0.2, -0.15) is 0 Å². The molecule has 8 heteroatoms. The number of nitrogens with one attached hydrogen (secondary N) is 1. The van der Waals surface area contributed by atoms with Gasteiger partial charge in [0.1, 0.15) is 11.4 Å². The minimum absolute atomic E-state index is 0.0363. The Bertz CT molecular complexity index is 1010. The molecule has 150 valence electrons. The van der Waals surface area contributed by atoms with E-state index in [0.717, 1.165) is 28.6 Å². The number of anilines is 1. The first-order chi connectivity index (χ1) is 14.0. The molecule has 1 saturated heterocycles. The number of hydrogen-bond donors (Lipinski definition) is 1. The molecule has 1 fully saturated rings. The number of methoxy groups -OCH3 is 1. The van der Waals surface area contributed by atoms with E-state index in [9.17, 15) is 4.79 Å². The van der Waals surface area contributed by atoms with Crippen LogP contribution < -0.4 is 15.0 Å². The maximum Gasteiger partial charge on any atom is 0.229 e. The lowest BCUT2D eigenvalue weighted by Gasteiger charge is -2.49. The number of hydrogen-bond acceptors (Lipinski definition) is 6. The van der Waals surface area contributed by atoms with E-state index in [1.54, 1.807) is 20.4 Å². The molecule has 29 heavy (non-hydrogen) atoms. The topological polar surface area (TPSA) is 85.2 Å². The highest BCUT2D eigenvalue weighted by Gasteiger charge is 2.49. The zero-order valence-corrected chi connectivity index (χ0v) is 16.8. The van der Waals surface area contributed by atoms with Crippen LogP contribution in [-0.2, 0) is 18.3 Å². The van der Waals surface area contributed by atoms with Gasteiger partial charge in [-0.1, -0.05) is 12.1 Å². The van der Waals surface area contributed by atoms with Crippen molar-refractivity contribution in [3.05, 3.63) is 54.4 Å². The van der Waals surface area contributed by atoms with Crippen LogP contribution >= 0.6 is 0 Å². The number of benzene rings is 1. The molecule has 1 N–H and O–H groups in total. The summed E-state index contributed by atoms with van der Waals surface area (Å²) in [6, 6.07) is 11.7. The van der Waals surface area contributed by atoms with Gasteiger partial charge in [0.2, 0.25) is 5.91 Å². The molecule has 1 aliphatic heterocycles. The molecule has 0 spiro atoms. The van der Waals surface area contributed by atoms with Gasteiger partial charge in [-0.25, -0.2) is 4.98 Å². The van der Waals surface area contributed by atoms with E-state index in [0.29, 0.717) is 19.5 Å². The lowest BCUT2D eigenvalue weighted by Crippen LogP contribution is -2.64. The lowest BCUT2D eigenvalue weighted by molar-refractivity contribution is -0.132. The third-order valence-corrected chi connectivity index (χ3v) is 5.40. The van der Waals surface area contributed by atoms with Crippen LogP contribution in [0.4, 0.5) is 5.82 Å². The van der Waals surface area contributed by atoms with Crippen molar-refractivity contribution in [1.29, 1.82) is 0 Å². The molecule has 2 aromatic heterocycles. The fraction of sp³-hybridized carbons (Fsp3) is 0.333. The van der Waals surface area contributed by atoms with Crippen molar-refractivity contribution >= 4 is 11.7 Å². The summed E-state index contributed by atoms with van der Waals surface area (Å²) in [5.41, 5.74) is 1.29. The Morgan fingerprint density at radius 3 is 2.69 bits per heavy atom. The van der Waals surface area contributed by atoms with Gasteiger partial charge in [0.15, 0.2) is 11.6 Å². The van der Waals surface area contributed by atoms with Crippen LogP contribution in [0.15, 0.2) is 48.8 Å². The Morgan fingerprint density at radius 1 is 1.24 bits per heavy atom. The minimum atomic E-state index is -0.499. The minimum Gasteiger partial charge on any atom is -0.497 e. The molecule has 0 saturated carbocycles. The summed E-state index contributed by atoms with van der Waals surface area (Å²) in [4.78, 5) is 19.1. The number of imidazole rings is 1. The van der Waals surface area contributed by atoms with E-state index >= 15 is 0 Å². The molecule has 1 aliphatic rings. The van der Waals surface area contributed by atoms with Gasteiger partial charge < -0.3 is 19.5 Å². The van der Waals surface area contributed by atoms with Crippen LogP contribution in [0.25, 0.3) is 11.5 Å². The average Bonchev–Trinajstić information content (AvgIpc) is 3.16. The van der Waals surface area contributed by atoms with E-state index in [4.69, 9.17) is 4.74 Å². The van der Waals surface area contributed by atoms with Crippen molar-refractivity contribution < 1.29 is 9.53 Å². The summed E-state index contributed by atoms with van der Waals surface area (Å²) in [5, 5.41) is 11.5. The number of amides is 1. The maximum atomic E-state index is 12.7. The highest BCUT2D eigenvalue weighted by molar-refractivity contribution is 5.86. The van der Waals surface area contributed by atoms with Crippen molar-refractivity contribution in [2.75, 3.05) is 32.1 Å². The van der Waals surface area contributed by atoms with Crippen molar-refractivity contribution in [3.8, 4) is 17.3 Å². The first-order valence-electron chi connectivity index (χ1n) is 9.46. The van der Waals surface area contributed by atoms with Crippen LogP contribution in [0.5, 0.6) is 5.75 Å². The summed E-state index contributed by atoms with van der Waals surface area (Å²) in [7, 11) is 5.25. The van der Waals surface area contributed by atoms with E-state index in [1.807, 2.05) is 54.2 Å². The summed E-state index contributed by atoms with van der Waals surface area (Å²) < 4.78 is 7.21. The third-order valence-electron chi connectivity index (χ3n) is 5.40. The summed E-state index contributed by atoms with van der Waals surface area (Å²) >= 11 is 0. The van der Waals surface area contributed by atoms with Crippen molar-refractivity contribution in [1.82, 2.24) is 25.1 Å². The third kappa shape index (κ3) is 3.53. The van der Waals surface area contributed by atoms with Gasteiger partial charge in [-0.15, -0.1) is 10.2 Å². The first kappa shape index (κ1) is 18.9. The number of ether oxygens (including phenoxy) is 1. The largest absolute Gasteiger partial charge is 0.497 e. The van der Waals surface area contributed by atoms with Crippen LogP contribution in [0.1, 0.15) is 5.56 Å². The number of carbonyl (C=O) groups excluding carboxylic acids is 1. The van der Waals surface area contributed by atoms with Crippen LogP contribution in [0.3, 0.4) is 0 Å². The summed E-state index contributed by atoms with van der Waals surface area (Å²) in [5.74, 6) is 2.36. The van der Waals surface area contributed by atoms with Gasteiger partial charge >= 0.3 is 0 Å². The van der Waals surface area contributed by atoms with Gasteiger partial charge in [0, 0.05) is 39.6 Å². The second-order valence-corrected chi connectivity index (χ2v) is 7.38. The quantitative estimate of drug-likeness (QED) is 0.687. The normalized spacial score (nSPS) is 14.9. The molecule has 0 bridgehead atoms. The van der Waals surface area contributed by atoms with Gasteiger partial charge in [-0.05, 0) is 36.2 Å². The standard InChI is InChI=1S/C21H24N6O2/c1-22-20(28)21(12-15-5-4-6-16(11-15)29-3)13-27(14-21)18-8-7-17(24-25-18)19-23-9-10-26(19)2/h4-11H,12-14H2,1-3H3,(H,22,28). The Balaban J connectivity index is 1.50. The van der Waals surface area contributed by atoms with E-state index < -0.39 is 5.41 Å². The molecule has 3 heterocycles. The fourth-order valence-electron chi connectivity index (χ4n) is 3.85. The van der Waals surface area contributed by atoms with E-state index in [-0.39, 0.29) is 5.91 Å². The number of nitrogens with zero attached hydrogens (tertiary/aromatic N) is 5. The molecular formula is C21H24N6O2. The van der Waals surface area contributed by atoms with Gasteiger partial charge in [-0.3, -0.25) is 4.79 Å². The zero-order valence-electron chi connectivity index (χ0n) is 16.8. The van der Waals surface area contributed by atoms with Crippen molar-refractivity contribution in [2.24, 2.45) is 12.5 Å². The highest BCUT2D eigenvalue weighted by Crippen LogP contribution is 2.37. The second kappa shape index (κ2) is 7.54. The molecule has 4 rings (SSSR count). The molecule has 8 nitrogen and oxygen atoms in total. The zero-order chi connectivity index (χ0) is 20.4. The number of carbonyl (C=O) groups is 1. The predicted octanol–water partition coefficient (Wildman–Crippen LogP) is 1.68. The highest BCUT2D eigenvalue weighted by atomic mass is 16.5. The van der Waals surface area contributed by atoms with E-state index in [1.165, 1.54) is 0 Å². The Hall–Kier alpha value is -3.42. The SMILES string of the molecule is CNC(=O)C1(Cc2cccc(OC)c2)CN(c2ccc(-c3nccn3C)nn2)C1. The number of aromatic nitrogens is 4. The number of rotatable bonds is 6. The lowest BCUT2D eigenvalue weighted by atomic mass is 9.73. The van der Waals surface area contributed by atoms with Gasteiger partial charge in [0.25, 0.3) is 0 Å². The molecule has 3 aromatic rings. The Kier molecular flexibility index (Phi) is 4.92. The molecule has 0 atom stereocenters. The fourth-order valence-corrected chi connectivity index (χ4v) is 3.85. The van der Waals surface area contributed by atoms with Crippen LogP contribution in [0.2, 0.25) is 0 Å². The predicted molar refractivity (Wildman–Crippen MR) is 110 cm³/mol. The molecular weight excluding hydrogens is 368 g/mol. The van der Waals surface area contributed by atoms with Crippen LogP contribution in [0, 0.1) is 5.41 Å². The average molecular weight is 392 g/mol. The Labute approximate surface area is 169 Å². The molecule has 0 aliphatic carbocycles. The molecule has 0 radical (unpaired) electrons. The summed E-state index contributed by atoms with van der Waals surface area (Å²) in [6.45, 7) is 1.17. The molecule has 0 unspecified atom stereocenters. The second-order valence-electron chi connectivity index (χ2n) is 7.38. The molecule has 1 aromatic carbocycles. The maximum absolute atomic E-state index is 12.7. The van der Waals surface area contributed by atoms with E-state index in [2.05, 4.69) is 25.4 Å². The monoisotopic (exact) mass is 392 g/mol. The first-order valence-corrected chi connectivity index (χ1v) is 9.46. The van der Waals surface area contributed by atoms with Crippen molar-refractivity contribution in [3.63, 3.8) is 0 Å².